The molecule has 0 amide bonds. The maximum absolute atomic E-state index is 12.7. The second kappa shape index (κ2) is 14.7. The van der Waals surface area contributed by atoms with Crippen molar-refractivity contribution in [2.24, 2.45) is 29.2 Å². The lowest BCUT2D eigenvalue weighted by Crippen LogP contribution is -2.35. The number of fused-ring (bicyclic) bond motifs is 2. The van der Waals surface area contributed by atoms with Gasteiger partial charge >= 0.3 is 11.9 Å². The molecule has 0 saturated heterocycles. The van der Waals surface area contributed by atoms with Gasteiger partial charge in [-0.15, -0.1) is 0 Å². The number of carbonyl (C=O) groups is 2. The number of aliphatic carboxylic acids is 1. The number of hydrogen-bond donors (Lipinski definition) is 4. The lowest BCUT2D eigenvalue weighted by molar-refractivity contribution is -0.152. The van der Waals surface area contributed by atoms with Crippen LogP contribution in [0.3, 0.4) is 0 Å². The minimum atomic E-state index is -0.992. The van der Waals surface area contributed by atoms with Crippen LogP contribution in [0, 0.1) is 17.8 Å². The predicted octanol–water partition coefficient (Wildman–Crippen LogP) is 3.59. The largest absolute Gasteiger partial charge is 0.482 e. The predicted molar refractivity (Wildman–Crippen MR) is 142 cm³/mol. The number of nitrogens with two attached hydrogens (primary N) is 2. The van der Waals surface area contributed by atoms with Gasteiger partial charge in [-0.3, -0.25) is 4.79 Å². The van der Waals surface area contributed by atoms with Crippen molar-refractivity contribution in [2.45, 2.75) is 102 Å². The van der Waals surface area contributed by atoms with E-state index in [0.717, 1.165) is 76.2 Å². The Bertz CT molecular complexity index is 878. The molecule has 0 aliphatic heterocycles. The molecule has 1 saturated carbocycles. The van der Waals surface area contributed by atoms with Crippen molar-refractivity contribution in [1.29, 1.82) is 0 Å². The molecule has 0 heterocycles. The number of unbranched alkanes of at least 4 members (excludes halogenated alkanes) is 3. The fourth-order valence-electron chi connectivity index (χ4n) is 6.22. The molecule has 3 rings (SSSR count). The zero-order valence-corrected chi connectivity index (χ0v) is 22.3. The van der Waals surface area contributed by atoms with E-state index in [0.29, 0.717) is 30.6 Å². The van der Waals surface area contributed by atoms with Gasteiger partial charge in [-0.25, -0.2) is 4.79 Å². The average molecular weight is 519 g/mol. The normalized spacial score (nSPS) is 24.1. The topological polar surface area (TPSA) is 145 Å². The van der Waals surface area contributed by atoms with Crippen molar-refractivity contribution < 1.29 is 29.3 Å². The molecule has 6 N–H and O–H groups in total. The molecule has 1 fully saturated rings. The summed E-state index contributed by atoms with van der Waals surface area (Å²) in [5, 5.41) is 20.0. The number of rotatable bonds is 16. The zero-order valence-electron chi connectivity index (χ0n) is 22.3. The number of carboxylic acid groups (broad SMARTS) is 1. The fourth-order valence-corrected chi connectivity index (χ4v) is 6.22. The number of carboxylic acids is 1. The highest BCUT2D eigenvalue weighted by atomic mass is 16.5. The highest BCUT2D eigenvalue weighted by Gasteiger charge is 2.45. The molecule has 208 valence electrons. The molecule has 1 unspecified atom stereocenters. The van der Waals surface area contributed by atoms with Crippen LogP contribution in [0.1, 0.15) is 82.3 Å². The fraction of sp³-hybridized carbons (Fsp3) is 0.724. The Morgan fingerprint density at radius 2 is 1.89 bits per heavy atom. The van der Waals surface area contributed by atoms with Crippen molar-refractivity contribution >= 4 is 11.9 Å². The first-order valence-electron chi connectivity index (χ1n) is 14.1. The third kappa shape index (κ3) is 8.42. The summed E-state index contributed by atoms with van der Waals surface area (Å²) in [5.41, 5.74) is 13.9. The SMILES string of the molecule is CCCCC[C@@H](CC[C@@H]1[C@H]2Cc3cccc(OCC(=O)O)c3C[C@H]2C[C@H]1O)OC(=O)C(N)CCCCN. The van der Waals surface area contributed by atoms with E-state index in [1.54, 1.807) is 0 Å². The van der Waals surface area contributed by atoms with Crippen LogP contribution >= 0.6 is 0 Å². The van der Waals surface area contributed by atoms with Crippen LogP contribution in [-0.2, 0) is 27.2 Å². The molecule has 0 radical (unpaired) electrons. The van der Waals surface area contributed by atoms with Gasteiger partial charge in [-0.2, -0.15) is 0 Å². The van der Waals surface area contributed by atoms with Gasteiger partial charge in [0.25, 0.3) is 0 Å². The second-order valence-corrected chi connectivity index (χ2v) is 10.9. The molecular weight excluding hydrogens is 472 g/mol. The maximum Gasteiger partial charge on any atom is 0.341 e. The Balaban J connectivity index is 1.62. The quantitative estimate of drug-likeness (QED) is 0.192. The minimum absolute atomic E-state index is 0.146. The van der Waals surface area contributed by atoms with Crippen LogP contribution in [0.4, 0.5) is 0 Å². The van der Waals surface area contributed by atoms with Crippen LogP contribution < -0.4 is 16.2 Å². The molecule has 0 aromatic heterocycles. The van der Waals surface area contributed by atoms with Gasteiger partial charge in [0.1, 0.15) is 17.9 Å². The lowest BCUT2D eigenvalue weighted by atomic mass is 9.73. The number of esters is 1. The summed E-state index contributed by atoms with van der Waals surface area (Å²) in [6, 6.07) is 5.22. The van der Waals surface area contributed by atoms with Crippen LogP contribution in [0.25, 0.3) is 0 Å². The molecular formula is C29H46N2O6. The number of aliphatic hydroxyl groups is 1. The summed E-state index contributed by atoms with van der Waals surface area (Å²) < 4.78 is 11.5. The number of ether oxygens (including phenoxy) is 2. The van der Waals surface area contributed by atoms with E-state index in [-0.39, 0.29) is 24.6 Å². The van der Waals surface area contributed by atoms with E-state index in [1.165, 1.54) is 5.56 Å². The first kappa shape index (κ1) is 29.4. The molecule has 8 nitrogen and oxygen atoms in total. The van der Waals surface area contributed by atoms with Crippen molar-refractivity contribution in [1.82, 2.24) is 0 Å². The maximum atomic E-state index is 12.7. The lowest BCUT2D eigenvalue weighted by Gasteiger charge is -2.33. The molecule has 0 spiro atoms. The standard InChI is InChI=1S/C29H46N2O6/c1-2-3-4-9-21(37-29(35)25(31)10-5-6-14-30)12-13-22-23-15-19-8-7-11-27(36-18-28(33)34)24(19)16-20(23)17-26(22)32/h7-8,11,20-23,25-26,32H,2-6,9-10,12-18,30-31H2,1H3,(H,33,34)/t20-,21-,22+,23-,25?,26+/m0/s1. The van der Waals surface area contributed by atoms with Crippen LogP contribution in [0.2, 0.25) is 0 Å². The summed E-state index contributed by atoms with van der Waals surface area (Å²) in [7, 11) is 0. The summed E-state index contributed by atoms with van der Waals surface area (Å²) in [5.74, 6) is 0.147. The molecule has 2 aliphatic carbocycles. The first-order valence-corrected chi connectivity index (χ1v) is 14.1. The summed E-state index contributed by atoms with van der Waals surface area (Å²) >= 11 is 0. The van der Waals surface area contributed by atoms with Gasteiger partial charge in [0.05, 0.1) is 6.10 Å². The average Bonchev–Trinajstić information content (AvgIpc) is 3.18. The molecule has 6 atom stereocenters. The minimum Gasteiger partial charge on any atom is -0.482 e. The smallest absolute Gasteiger partial charge is 0.341 e. The number of aliphatic hydroxyl groups excluding tert-OH is 1. The van der Waals surface area contributed by atoms with E-state index >= 15 is 0 Å². The highest BCUT2D eigenvalue weighted by molar-refractivity contribution is 5.75. The highest BCUT2D eigenvalue weighted by Crippen LogP contribution is 2.48. The summed E-state index contributed by atoms with van der Waals surface area (Å²) in [6.07, 6.45) is 9.58. The number of carbonyl (C=O) groups excluding carboxylic acids is 1. The van der Waals surface area contributed by atoms with Gasteiger partial charge in [0.2, 0.25) is 0 Å². The van der Waals surface area contributed by atoms with E-state index < -0.39 is 18.1 Å². The van der Waals surface area contributed by atoms with Crippen molar-refractivity contribution in [3.8, 4) is 5.75 Å². The van der Waals surface area contributed by atoms with Gasteiger partial charge in [-0.1, -0.05) is 38.3 Å². The van der Waals surface area contributed by atoms with Crippen LogP contribution in [-0.4, -0.2) is 53.6 Å². The molecule has 1 aromatic carbocycles. The second-order valence-electron chi connectivity index (χ2n) is 10.9. The molecule has 0 bridgehead atoms. The van der Waals surface area contributed by atoms with Gasteiger partial charge in [0.15, 0.2) is 6.61 Å². The van der Waals surface area contributed by atoms with Crippen molar-refractivity contribution in [3.63, 3.8) is 0 Å². The summed E-state index contributed by atoms with van der Waals surface area (Å²) in [4.78, 5) is 23.6. The number of hydrogen-bond acceptors (Lipinski definition) is 7. The molecule has 1 aromatic rings. The van der Waals surface area contributed by atoms with Crippen LogP contribution in [0.15, 0.2) is 18.2 Å². The van der Waals surface area contributed by atoms with Crippen molar-refractivity contribution in [2.75, 3.05) is 13.2 Å². The van der Waals surface area contributed by atoms with E-state index in [1.807, 2.05) is 12.1 Å². The van der Waals surface area contributed by atoms with Crippen LogP contribution in [0.5, 0.6) is 5.75 Å². The van der Waals surface area contributed by atoms with Gasteiger partial charge < -0.3 is 31.2 Å². The third-order valence-electron chi connectivity index (χ3n) is 8.20. The van der Waals surface area contributed by atoms with E-state index in [9.17, 15) is 14.7 Å². The van der Waals surface area contributed by atoms with Gasteiger partial charge in [0, 0.05) is 0 Å². The Hall–Kier alpha value is -2.16. The zero-order chi connectivity index (χ0) is 26.8. The van der Waals surface area contributed by atoms with E-state index in [4.69, 9.17) is 26.0 Å². The molecule has 8 heteroatoms. The van der Waals surface area contributed by atoms with Gasteiger partial charge in [-0.05, 0) is 99.3 Å². The Morgan fingerprint density at radius 3 is 2.62 bits per heavy atom. The molecule has 37 heavy (non-hydrogen) atoms. The Morgan fingerprint density at radius 1 is 1.11 bits per heavy atom. The molecule has 2 aliphatic rings. The van der Waals surface area contributed by atoms with E-state index in [2.05, 4.69) is 13.0 Å². The summed E-state index contributed by atoms with van der Waals surface area (Å²) in [6.45, 7) is 2.39. The Labute approximate surface area is 221 Å². The first-order chi connectivity index (χ1) is 17.8. The third-order valence-corrected chi connectivity index (χ3v) is 8.20. The monoisotopic (exact) mass is 518 g/mol. The Kier molecular flexibility index (Phi) is 11.7. The number of benzene rings is 1. The van der Waals surface area contributed by atoms with Crippen molar-refractivity contribution in [3.05, 3.63) is 29.3 Å².